The van der Waals surface area contributed by atoms with Gasteiger partial charge in [-0.05, 0) is 29.8 Å². The first-order chi connectivity index (χ1) is 11.8. The summed E-state index contributed by atoms with van der Waals surface area (Å²) < 4.78 is 1.93. The maximum absolute atomic E-state index is 8.81. The van der Waals surface area contributed by atoms with Gasteiger partial charge < -0.3 is 10.6 Å². The molecule has 0 fully saturated rings. The topological polar surface area (TPSA) is 90.4 Å². The highest BCUT2D eigenvalue weighted by Gasteiger charge is 2.05. The SMILES string of the molecule is CN=C(NCc1ccc(C#N)cc1)NCc1nnc2ccccn12. The minimum Gasteiger partial charge on any atom is -0.352 e. The van der Waals surface area contributed by atoms with Crippen molar-refractivity contribution in [2.24, 2.45) is 4.99 Å². The van der Waals surface area contributed by atoms with E-state index >= 15 is 0 Å². The highest BCUT2D eigenvalue weighted by Crippen LogP contribution is 2.04. The second kappa shape index (κ2) is 7.24. The van der Waals surface area contributed by atoms with Gasteiger partial charge in [-0.2, -0.15) is 5.26 Å². The summed E-state index contributed by atoms with van der Waals surface area (Å²) in [4.78, 5) is 4.20. The molecule has 0 aliphatic rings. The summed E-state index contributed by atoms with van der Waals surface area (Å²) in [5.74, 6) is 1.49. The molecule has 2 aromatic heterocycles. The molecule has 2 heterocycles. The van der Waals surface area contributed by atoms with Crippen molar-refractivity contribution in [1.82, 2.24) is 25.2 Å². The predicted octanol–water partition coefficient (Wildman–Crippen LogP) is 1.47. The Morgan fingerprint density at radius 3 is 2.67 bits per heavy atom. The number of nitrogens with zero attached hydrogens (tertiary/aromatic N) is 5. The fourth-order valence-electron chi connectivity index (χ4n) is 2.28. The van der Waals surface area contributed by atoms with E-state index in [1.165, 1.54) is 0 Å². The molecule has 0 unspecified atom stereocenters. The molecule has 24 heavy (non-hydrogen) atoms. The second-order valence-electron chi connectivity index (χ2n) is 5.13. The Hall–Kier alpha value is -3.40. The third kappa shape index (κ3) is 3.50. The van der Waals surface area contributed by atoms with Crippen LogP contribution < -0.4 is 10.6 Å². The lowest BCUT2D eigenvalue weighted by atomic mass is 10.1. The molecule has 1 aromatic carbocycles. The lowest BCUT2D eigenvalue weighted by Gasteiger charge is -2.11. The number of hydrogen-bond donors (Lipinski definition) is 2. The number of fused-ring (bicyclic) bond motifs is 1. The first kappa shape index (κ1) is 15.5. The summed E-state index contributed by atoms with van der Waals surface area (Å²) >= 11 is 0. The molecule has 0 radical (unpaired) electrons. The molecule has 120 valence electrons. The van der Waals surface area contributed by atoms with Gasteiger partial charge in [-0.3, -0.25) is 9.39 Å². The molecule has 2 N–H and O–H groups in total. The number of nitriles is 1. The number of aliphatic imine (C=N–C) groups is 1. The Kier molecular flexibility index (Phi) is 4.68. The van der Waals surface area contributed by atoms with Crippen molar-refractivity contribution in [2.45, 2.75) is 13.1 Å². The van der Waals surface area contributed by atoms with Crippen LogP contribution in [-0.4, -0.2) is 27.6 Å². The monoisotopic (exact) mass is 319 g/mol. The molecule has 0 bridgehead atoms. The summed E-state index contributed by atoms with van der Waals surface area (Å²) in [5, 5.41) is 23.6. The smallest absolute Gasteiger partial charge is 0.191 e. The Bertz CT molecular complexity index is 887. The van der Waals surface area contributed by atoms with Gasteiger partial charge in [0.1, 0.15) is 0 Å². The second-order valence-corrected chi connectivity index (χ2v) is 5.13. The lowest BCUT2D eigenvalue weighted by molar-refractivity contribution is 0.762. The van der Waals surface area contributed by atoms with Crippen LogP contribution in [0, 0.1) is 11.3 Å². The summed E-state index contributed by atoms with van der Waals surface area (Å²) in [7, 11) is 1.72. The average Bonchev–Trinajstić information content (AvgIpc) is 3.05. The minimum absolute atomic E-state index is 0.512. The molecule has 0 amide bonds. The molecular weight excluding hydrogens is 302 g/mol. The van der Waals surface area contributed by atoms with E-state index in [2.05, 4.69) is 31.9 Å². The first-order valence-corrected chi connectivity index (χ1v) is 7.52. The summed E-state index contributed by atoms with van der Waals surface area (Å²) in [6.45, 7) is 1.13. The van der Waals surface area contributed by atoms with E-state index in [0.29, 0.717) is 24.6 Å². The van der Waals surface area contributed by atoms with Crippen molar-refractivity contribution in [3.63, 3.8) is 0 Å². The summed E-state index contributed by atoms with van der Waals surface area (Å²) in [5.41, 5.74) is 2.54. The van der Waals surface area contributed by atoms with Crippen molar-refractivity contribution in [3.8, 4) is 6.07 Å². The van der Waals surface area contributed by atoms with Gasteiger partial charge in [0.25, 0.3) is 0 Å². The van der Waals surface area contributed by atoms with Crippen LogP contribution >= 0.6 is 0 Å². The fraction of sp³-hybridized carbons (Fsp3) is 0.176. The predicted molar refractivity (Wildman–Crippen MR) is 91.2 cm³/mol. The molecule has 0 spiro atoms. The van der Waals surface area contributed by atoms with Gasteiger partial charge in [0, 0.05) is 19.8 Å². The van der Waals surface area contributed by atoms with Crippen LogP contribution in [0.4, 0.5) is 0 Å². The quantitative estimate of drug-likeness (QED) is 0.561. The van der Waals surface area contributed by atoms with Crippen LogP contribution in [0.1, 0.15) is 17.0 Å². The van der Waals surface area contributed by atoms with Gasteiger partial charge in [-0.25, -0.2) is 0 Å². The molecule has 7 heteroatoms. The van der Waals surface area contributed by atoms with Crippen molar-refractivity contribution in [2.75, 3.05) is 7.05 Å². The molecule has 0 aliphatic heterocycles. The van der Waals surface area contributed by atoms with Crippen molar-refractivity contribution in [1.29, 1.82) is 5.26 Å². The van der Waals surface area contributed by atoms with Gasteiger partial charge in [-0.15, -0.1) is 10.2 Å². The molecule has 0 aliphatic carbocycles. The number of hydrogen-bond acceptors (Lipinski definition) is 4. The Morgan fingerprint density at radius 1 is 1.12 bits per heavy atom. The zero-order chi connectivity index (χ0) is 16.8. The third-order valence-electron chi connectivity index (χ3n) is 3.56. The number of guanidine groups is 1. The third-order valence-corrected chi connectivity index (χ3v) is 3.56. The van der Waals surface area contributed by atoms with Gasteiger partial charge in [0.05, 0.1) is 18.2 Å². The zero-order valence-electron chi connectivity index (χ0n) is 13.3. The molecule has 7 nitrogen and oxygen atoms in total. The van der Waals surface area contributed by atoms with Gasteiger partial charge in [0.2, 0.25) is 0 Å². The van der Waals surface area contributed by atoms with Gasteiger partial charge >= 0.3 is 0 Å². The minimum atomic E-state index is 0.512. The van der Waals surface area contributed by atoms with E-state index in [4.69, 9.17) is 5.26 Å². The van der Waals surface area contributed by atoms with Crippen molar-refractivity contribution < 1.29 is 0 Å². The normalized spacial score (nSPS) is 11.2. The first-order valence-electron chi connectivity index (χ1n) is 7.52. The Morgan fingerprint density at radius 2 is 1.92 bits per heavy atom. The summed E-state index contributed by atoms with van der Waals surface area (Å²) in [6, 6.07) is 15.3. The molecule has 3 rings (SSSR count). The molecular formula is C17H17N7. The number of rotatable bonds is 4. The molecule has 3 aromatic rings. The van der Waals surface area contributed by atoms with E-state index < -0.39 is 0 Å². The van der Waals surface area contributed by atoms with Crippen LogP contribution in [0.25, 0.3) is 5.65 Å². The zero-order valence-corrected chi connectivity index (χ0v) is 13.3. The number of aromatic nitrogens is 3. The lowest BCUT2D eigenvalue weighted by Crippen LogP contribution is -2.36. The van der Waals surface area contributed by atoms with Crippen LogP contribution in [0.3, 0.4) is 0 Å². The van der Waals surface area contributed by atoms with Crippen molar-refractivity contribution in [3.05, 3.63) is 65.6 Å². The van der Waals surface area contributed by atoms with Gasteiger partial charge in [-0.1, -0.05) is 18.2 Å². The van der Waals surface area contributed by atoms with E-state index in [9.17, 15) is 0 Å². The van der Waals surface area contributed by atoms with E-state index in [0.717, 1.165) is 17.0 Å². The van der Waals surface area contributed by atoms with E-state index in [1.807, 2.05) is 40.9 Å². The maximum Gasteiger partial charge on any atom is 0.191 e. The summed E-state index contributed by atoms with van der Waals surface area (Å²) in [6.07, 6.45) is 1.93. The fourth-order valence-corrected chi connectivity index (χ4v) is 2.28. The molecule has 0 saturated heterocycles. The Labute approximate surface area is 139 Å². The number of pyridine rings is 1. The average molecular weight is 319 g/mol. The largest absolute Gasteiger partial charge is 0.352 e. The van der Waals surface area contributed by atoms with E-state index in [-0.39, 0.29) is 0 Å². The maximum atomic E-state index is 8.81. The molecule has 0 atom stereocenters. The number of nitrogens with one attached hydrogen (secondary N) is 2. The van der Waals surface area contributed by atoms with Crippen LogP contribution in [0.15, 0.2) is 53.7 Å². The van der Waals surface area contributed by atoms with Crippen LogP contribution in [0.2, 0.25) is 0 Å². The standard InChI is InChI=1S/C17H17N7/c1-19-17(20-11-14-7-5-13(10-18)6-8-14)21-12-16-23-22-15-4-2-3-9-24(15)16/h2-9H,11-12H2,1H3,(H2,19,20,21). The number of benzene rings is 1. The highest BCUT2D eigenvalue weighted by molar-refractivity contribution is 5.79. The highest BCUT2D eigenvalue weighted by atomic mass is 15.3. The van der Waals surface area contributed by atoms with Crippen LogP contribution in [0.5, 0.6) is 0 Å². The Balaban J connectivity index is 1.58. The molecule has 0 saturated carbocycles. The van der Waals surface area contributed by atoms with E-state index in [1.54, 1.807) is 19.2 Å². The van der Waals surface area contributed by atoms with Crippen LogP contribution in [-0.2, 0) is 13.1 Å². The van der Waals surface area contributed by atoms with Crippen molar-refractivity contribution >= 4 is 11.6 Å². The van der Waals surface area contributed by atoms with Gasteiger partial charge in [0.15, 0.2) is 17.4 Å².